The Labute approximate surface area is 134 Å². The molecule has 21 heavy (non-hydrogen) atoms. The van der Waals surface area contributed by atoms with Crippen LogP contribution in [0.25, 0.3) is 0 Å². The number of hydrogen-bond donors (Lipinski definition) is 2. The molecule has 1 aliphatic carbocycles. The van der Waals surface area contributed by atoms with Gasteiger partial charge in [0.2, 0.25) is 5.91 Å². The molecular formula is C14H14BrClFNO3. The predicted molar refractivity (Wildman–Crippen MR) is 80.8 cm³/mol. The van der Waals surface area contributed by atoms with E-state index in [4.69, 9.17) is 11.6 Å². The Morgan fingerprint density at radius 2 is 2.00 bits per heavy atom. The smallest absolute Gasteiger partial charge is 0.307 e. The van der Waals surface area contributed by atoms with Crippen LogP contribution in [0, 0.1) is 23.6 Å². The van der Waals surface area contributed by atoms with Crippen molar-refractivity contribution in [1.82, 2.24) is 0 Å². The van der Waals surface area contributed by atoms with Crippen molar-refractivity contribution in [2.24, 2.45) is 17.8 Å². The summed E-state index contributed by atoms with van der Waals surface area (Å²) in [5.41, 5.74) is 0.256. The van der Waals surface area contributed by atoms with Crippen LogP contribution < -0.4 is 5.32 Å². The maximum Gasteiger partial charge on any atom is 0.307 e. The zero-order chi connectivity index (χ0) is 15.7. The Kier molecular flexibility index (Phi) is 4.88. The van der Waals surface area contributed by atoms with Gasteiger partial charge in [-0.3, -0.25) is 9.59 Å². The standard InChI is InChI=1S/C14H14BrClFNO3/c1-6-2-8(9(3-6)14(20)21)13(19)18-12-10(15)4-7(17)5-11(12)16/h4-6,8-9H,2-3H2,1H3,(H,18,19)(H,20,21)/t6?,8-,9+/m0/s1. The van der Waals surface area contributed by atoms with Crippen molar-refractivity contribution >= 4 is 45.1 Å². The molecule has 0 aliphatic heterocycles. The topological polar surface area (TPSA) is 66.4 Å². The number of anilines is 1. The van der Waals surface area contributed by atoms with Gasteiger partial charge in [-0.25, -0.2) is 4.39 Å². The molecule has 7 heteroatoms. The molecule has 0 aromatic heterocycles. The third kappa shape index (κ3) is 3.55. The summed E-state index contributed by atoms with van der Waals surface area (Å²) in [6.45, 7) is 1.92. The van der Waals surface area contributed by atoms with E-state index in [1.807, 2.05) is 6.92 Å². The van der Waals surface area contributed by atoms with Crippen LogP contribution >= 0.6 is 27.5 Å². The largest absolute Gasteiger partial charge is 0.481 e. The molecule has 1 saturated carbocycles. The number of amides is 1. The minimum Gasteiger partial charge on any atom is -0.481 e. The van der Waals surface area contributed by atoms with Crippen LogP contribution in [0.15, 0.2) is 16.6 Å². The lowest BCUT2D eigenvalue weighted by Crippen LogP contribution is -2.30. The number of aliphatic carboxylic acids is 1. The summed E-state index contributed by atoms with van der Waals surface area (Å²) in [6, 6.07) is 2.28. The predicted octanol–water partition coefficient (Wildman–Crippen LogP) is 3.93. The van der Waals surface area contributed by atoms with Gasteiger partial charge in [0.25, 0.3) is 0 Å². The van der Waals surface area contributed by atoms with Crippen LogP contribution in [0.2, 0.25) is 5.02 Å². The third-order valence-electron chi connectivity index (χ3n) is 3.71. The highest BCUT2D eigenvalue weighted by Crippen LogP contribution is 2.38. The molecule has 0 bridgehead atoms. The molecular weight excluding hydrogens is 365 g/mol. The fourth-order valence-corrected chi connectivity index (χ4v) is 3.63. The molecule has 1 aromatic rings. The summed E-state index contributed by atoms with van der Waals surface area (Å²) in [5, 5.41) is 11.9. The number of carboxylic acids is 1. The van der Waals surface area contributed by atoms with E-state index in [1.165, 1.54) is 6.07 Å². The first-order chi connectivity index (χ1) is 9.79. The lowest BCUT2D eigenvalue weighted by Gasteiger charge is -2.17. The number of hydrogen-bond acceptors (Lipinski definition) is 2. The van der Waals surface area contributed by atoms with Gasteiger partial charge < -0.3 is 10.4 Å². The lowest BCUT2D eigenvalue weighted by atomic mass is 9.95. The minimum atomic E-state index is -0.969. The van der Waals surface area contributed by atoms with Gasteiger partial charge in [0, 0.05) is 4.47 Å². The van der Waals surface area contributed by atoms with Crippen LogP contribution in [-0.4, -0.2) is 17.0 Å². The van der Waals surface area contributed by atoms with E-state index in [0.717, 1.165) is 6.07 Å². The molecule has 1 unspecified atom stereocenters. The normalized spacial score (nSPS) is 24.9. The molecule has 0 radical (unpaired) electrons. The second-order valence-electron chi connectivity index (χ2n) is 5.36. The monoisotopic (exact) mass is 377 g/mol. The van der Waals surface area contributed by atoms with Crippen molar-refractivity contribution in [2.75, 3.05) is 5.32 Å². The van der Waals surface area contributed by atoms with E-state index in [9.17, 15) is 19.1 Å². The first kappa shape index (κ1) is 16.2. The van der Waals surface area contributed by atoms with E-state index in [1.54, 1.807) is 0 Å². The van der Waals surface area contributed by atoms with Gasteiger partial charge in [-0.2, -0.15) is 0 Å². The highest BCUT2D eigenvalue weighted by molar-refractivity contribution is 9.10. The molecule has 0 spiro atoms. The van der Waals surface area contributed by atoms with Gasteiger partial charge in [-0.05, 0) is 46.8 Å². The SMILES string of the molecule is CC1C[C@H](C(=O)Nc2c(Cl)cc(F)cc2Br)[C@H](C(=O)O)C1. The van der Waals surface area contributed by atoms with E-state index in [-0.39, 0.29) is 16.6 Å². The lowest BCUT2D eigenvalue weighted by molar-refractivity contribution is -0.145. The number of carbonyl (C=O) groups is 2. The van der Waals surface area contributed by atoms with Crippen molar-refractivity contribution in [2.45, 2.75) is 19.8 Å². The van der Waals surface area contributed by atoms with Crippen molar-refractivity contribution in [3.05, 3.63) is 27.4 Å². The number of benzene rings is 1. The van der Waals surface area contributed by atoms with Crippen molar-refractivity contribution < 1.29 is 19.1 Å². The zero-order valence-corrected chi connectivity index (χ0v) is 13.5. The van der Waals surface area contributed by atoms with Crippen LogP contribution in [0.5, 0.6) is 0 Å². The van der Waals surface area contributed by atoms with Gasteiger partial charge in [0.15, 0.2) is 0 Å². The second kappa shape index (κ2) is 6.32. The number of nitrogens with one attached hydrogen (secondary N) is 1. The molecule has 4 nitrogen and oxygen atoms in total. The maximum absolute atomic E-state index is 13.2. The minimum absolute atomic E-state index is 0.0631. The van der Waals surface area contributed by atoms with E-state index in [0.29, 0.717) is 17.3 Å². The number of carboxylic acid groups (broad SMARTS) is 1. The van der Waals surface area contributed by atoms with Crippen molar-refractivity contribution in [1.29, 1.82) is 0 Å². The van der Waals surface area contributed by atoms with E-state index < -0.39 is 29.5 Å². The highest BCUT2D eigenvalue weighted by atomic mass is 79.9. The Bertz CT molecular complexity index is 573. The molecule has 2 rings (SSSR count). The average molecular weight is 379 g/mol. The fraction of sp³-hybridized carbons (Fsp3) is 0.429. The first-order valence-electron chi connectivity index (χ1n) is 6.47. The summed E-state index contributed by atoms with van der Waals surface area (Å²) >= 11 is 9.05. The summed E-state index contributed by atoms with van der Waals surface area (Å²) in [4.78, 5) is 23.5. The molecule has 1 fully saturated rings. The van der Waals surface area contributed by atoms with Gasteiger partial charge in [0.05, 0.1) is 22.5 Å². The fourth-order valence-electron chi connectivity index (χ4n) is 2.73. The van der Waals surface area contributed by atoms with Crippen LogP contribution in [0.3, 0.4) is 0 Å². The Morgan fingerprint density at radius 1 is 1.38 bits per heavy atom. The Balaban J connectivity index is 2.20. The second-order valence-corrected chi connectivity index (χ2v) is 6.62. The molecule has 1 aliphatic rings. The van der Waals surface area contributed by atoms with Crippen LogP contribution in [0.1, 0.15) is 19.8 Å². The summed E-state index contributed by atoms with van der Waals surface area (Å²) in [6.07, 6.45) is 0.991. The zero-order valence-electron chi connectivity index (χ0n) is 11.2. The number of rotatable bonds is 3. The number of halogens is 3. The summed E-state index contributed by atoms with van der Waals surface area (Å²) < 4.78 is 13.5. The molecule has 1 aromatic carbocycles. The third-order valence-corrected chi connectivity index (χ3v) is 4.63. The van der Waals surface area contributed by atoms with Crippen molar-refractivity contribution in [3.63, 3.8) is 0 Å². The molecule has 0 heterocycles. The van der Waals surface area contributed by atoms with Crippen LogP contribution in [0.4, 0.5) is 10.1 Å². The maximum atomic E-state index is 13.2. The highest BCUT2D eigenvalue weighted by Gasteiger charge is 2.41. The van der Waals surface area contributed by atoms with Gasteiger partial charge in [-0.15, -0.1) is 0 Å². The number of carbonyl (C=O) groups excluding carboxylic acids is 1. The summed E-state index contributed by atoms with van der Waals surface area (Å²) in [7, 11) is 0. The summed E-state index contributed by atoms with van der Waals surface area (Å²) in [5.74, 6) is -3.02. The Morgan fingerprint density at radius 3 is 2.57 bits per heavy atom. The molecule has 3 atom stereocenters. The van der Waals surface area contributed by atoms with Crippen LogP contribution in [-0.2, 0) is 9.59 Å². The Hall–Kier alpha value is -1.14. The average Bonchev–Trinajstić information content (AvgIpc) is 2.76. The first-order valence-corrected chi connectivity index (χ1v) is 7.65. The van der Waals surface area contributed by atoms with Crippen molar-refractivity contribution in [3.8, 4) is 0 Å². The van der Waals surface area contributed by atoms with Gasteiger partial charge >= 0.3 is 5.97 Å². The molecule has 0 saturated heterocycles. The molecule has 114 valence electrons. The van der Waals surface area contributed by atoms with E-state index in [2.05, 4.69) is 21.2 Å². The molecule has 1 amide bonds. The van der Waals surface area contributed by atoms with Gasteiger partial charge in [0.1, 0.15) is 5.82 Å². The van der Waals surface area contributed by atoms with E-state index >= 15 is 0 Å². The van der Waals surface area contributed by atoms with Gasteiger partial charge in [-0.1, -0.05) is 18.5 Å². The quantitative estimate of drug-likeness (QED) is 0.837. The molecule has 2 N–H and O–H groups in total.